The molecule has 1 N–H and O–H groups in total. The summed E-state index contributed by atoms with van der Waals surface area (Å²) in [6, 6.07) is 9.75. The van der Waals surface area contributed by atoms with Crippen LogP contribution in [0, 0.1) is 0 Å². The normalized spacial score (nSPS) is 12.2. The summed E-state index contributed by atoms with van der Waals surface area (Å²) in [6.07, 6.45) is 5.01. The molecular formula is C15H18N2O2S. The van der Waals surface area contributed by atoms with Crippen LogP contribution in [0.25, 0.3) is 0 Å². The zero-order valence-electron chi connectivity index (χ0n) is 11.4. The second kappa shape index (κ2) is 7.14. The minimum absolute atomic E-state index is 0.405. The van der Waals surface area contributed by atoms with E-state index in [-0.39, 0.29) is 0 Å². The van der Waals surface area contributed by atoms with Crippen molar-refractivity contribution in [3.63, 3.8) is 0 Å². The van der Waals surface area contributed by atoms with Crippen LogP contribution in [0.5, 0.6) is 0 Å². The van der Waals surface area contributed by atoms with Gasteiger partial charge in [0.25, 0.3) is 0 Å². The summed E-state index contributed by atoms with van der Waals surface area (Å²) in [7, 11) is 1.95. The molecule has 1 unspecified atom stereocenters. The molecule has 0 aliphatic heterocycles. The standard InChI is InChI=1S/C15H18N2O2S/c1-17-9-8-16-14(17)7-10-20-13(15(18)19)11-12-5-3-2-4-6-12/h2-6,8-9,13H,7,10-11H2,1H3,(H,18,19). The largest absolute Gasteiger partial charge is 0.480 e. The van der Waals surface area contributed by atoms with Crippen molar-refractivity contribution in [1.82, 2.24) is 9.55 Å². The number of nitrogens with zero attached hydrogens (tertiary/aromatic N) is 2. The van der Waals surface area contributed by atoms with Crippen LogP contribution in [0.2, 0.25) is 0 Å². The van der Waals surface area contributed by atoms with E-state index in [1.165, 1.54) is 11.8 Å². The second-order valence-corrected chi connectivity index (χ2v) is 5.90. The fourth-order valence-electron chi connectivity index (χ4n) is 1.98. The minimum atomic E-state index is -0.751. The number of aromatic nitrogens is 2. The minimum Gasteiger partial charge on any atom is -0.480 e. The first kappa shape index (κ1) is 14.7. The molecule has 1 heterocycles. The van der Waals surface area contributed by atoms with E-state index in [4.69, 9.17) is 0 Å². The number of thioether (sulfide) groups is 1. The van der Waals surface area contributed by atoms with Crippen molar-refractivity contribution in [2.45, 2.75) is 18.1 Å². The van der Waals surface area contributed by atoms with Gasteiger partial charge in [-0.2, -0.15) is 0 Å². The molecule has 0 saturated heterocycles. The molecule has 0 fully saturated rings. The Morgan fingerprint density at radius 2 is 2.15 bits per heavy atom. The Kier molecular flexibility index (Phi) is 5.24. The van der Waals surface area contributed by atoms with Crippen molar-refractivity contribution in [2.75, 3.05) is 5.75 Å². The van der Waals surface area contributed by atoms with Crippen LogP contribution in [-0.2, 0) is 24.7 Å². The maximum Gasteiger partial charge on any atom is 0.316 e. The van der Waals surface area contributed by atoms with E-state index in [9.17, 15) is 9.90 Å². The summed E-state index contributed by atoms with van der Waals surface area (Å²) >= 11 is 1.48. The predicted octanol–water partition coefficient (Wildman–Crippen LogP) is 2.39. The van der Waals surface area contributed by atoms with Gasteiger partial charge in [0.15, 0.2) is 0 Å². The summed E-state index contributed by atoms with van der Waals surface area (Å²) in [4.78, 5) is 15.6. The van der Waals surface area contributed by atoms with E-state index in [0.717, 1.165) is 23.6 Å². The van der Waals surface area contributed by atoms with Gasteiger partial charge >= 0.3 is 5.97 Å². The van der Waals surface area contributed by atoms with Gasteiger partial charge in [-0.15, -0.1) is 11.8 Å². The summed E-state index contributed by atoms with van der Waals surface area (Å²) in [5.41, 5.74) is 1.06. The summed E-state index contributed by atoms with van der Waals surface area (Å²) in [5.74, 6) is 0.995. The molecule has 0 spiro atoms. The molecule has 2 rings (SSSR count). The fraction of sp³-hybridized carbons (Fsp3) is 0.333. The Labute approximate surface area is 122 Å². The predicted molar refractivity (Wildman–Crippen MR) is 80.9 cm³/mol. The number of carboxylic acids is 1. The van der Waals surface area contributed by atoms with Gasteiger partial charge in [-0.3, -0.25) is 4.79 Å². The molecule has 0 aliphatic carbocycles. The van der Waals surface area contributed by atoms with Crippen molar-refractivity contribution in [3.8, 4) is 0 Å². The average Bonchev–Trinajstić information content (AvgIpc) is 2.84. The van der Waals surface area contributed by atoms with Crippen molar-refractivity contribution < 1.29 is 9.90 Å². The molecule has 4 nitrogen and oxygen atoms in total. The monoisotopic (exact) mass is 290 g/mol. The van der Waals surface area contributed by atoms with Gasteiger partial charge in [-0.1, -0.05) is 30.3 Å². The Bertz CT molecular complexity index is 554. The number of aryl methyl sites for hydroxylation is 2. The highest BCUT2D eigenvalue weighted by Crippen LogP contribution is 2.18. The zero-order chi connectivity index (χ0) is 14.4. The molecule has 0 saturated carbocycles. The van der Waals surface area contributed by atoms with Gasteiger partial charge < -0.3 is 9.67 Å². The lowest BCUT2D eigenvalue weighted by molar-refractivity contribution is -0.136. The quantitative estimate of drug-likeness (QED) is 0.850. The van der Waals surface area contributed by atoms with Gasteiger partial charge in [-0.25, -0.2) is 4.98 Å². The summed E-state index contributed by atoms with van der Waals surface area (Å²) in [5, 5.41) is 8.90. The lowest BCUT2D eigenvalue weighted by atomic mass is 10.1. The summed E-state index contributed by atoms with van der Waals surface area (Å²) in [6.45, 7) is 0. The van der Waals surface area contributed by atoms with Crippen LogP contribution in [-0.4, -0.2) is 31.6 Å². The first-order valence-electron chi connectivity index (χ1n) is 6.51. The Morgan fingerprint density at radius 1 is 1.40 bits per heavy atom. The fourth-order valence-corrected chi connectivity index (χ4v) is 3.01. The van der Waals surface area contributed by atoms with E-state index in [2.05, 4.69) is 4.98 Å². The first-order valence-corrected chi connectivity index (χ1v) is 7.56. The van der Waals surface area contributed by atoms with E-state index in [1.54, 1.807) is 6.20 Å². The van der Waals surface area contributed by atoms with E-state index in [1.807, 2.05) is 48.1 Å². The zero-order valence-corrected chi connectivity index (χ0v) is 12.2. The summed E-state index contributed by atoms with van der Waals surface area (Å²) < 4.78 is 1.97. The van der Waals surface area contributed by atoms with Crippen molar-refractivity contribution in [1.29, 1.82) is 0 Å². The van der Waals surface area contributed by atoms with Gasteiger partial charge in [-0.05, 0) is 12.0 Å². The molecular weight excluding hydrogens is 272 g/mol. The molecule has 20 heavy (non-hydrogen) atoms. The van der Waals surface area contributed by atoms with Crippen LogP contribution < -0.4 is 0 Å². The number of imidazole rings is 1. The van der Waals surface area contributed by atoms with Crippen LogP contribution in [0.1, 0.15) is 11.4 Å². The SMILES string of the molecule is Cn1ccnc1CCSC(Cc1ccccc1)C(=O)O. The maximum absolute atomic E-state index is 11.3. The molecule has 1 atom stereocenters. The van der Waals surface area contributed by atoms with E-state index >= 15 is 0 Å². The third-order valence-corrected chi connectivity index (χ3v) is 4.32. The van der Waals surface area contributed by atoms with Crippen LogP contribution >= 0.6 is 11.8 Å². The third-order valence-electron chi connectivity index (χ3n) is 3.11. The highest BCUT2D eigenvalue weighted by atomic mass is 32.2. The molecule has 2 aromatic rings. The Morgan fingerprint density at radius 3 is 2.75 bits per heavy atom. The van der Waals surface area contributed by atoms with Gasteiger partial charge in [0, 0.05) is 31.6 Å². The molecule has 1 aromatic carbocycles. The van der Waals surface area contributed by atoms with E-state index in [0.29, 0.717) is 6.42 Å². The number of carbonyl (C=O) groups is 1. The molecule has 0 radical (unpaired) electrons. The number of aliphatic carboxylic acids is 1. The highest BCUT2D eigenvalue weighted by Gasteiger charge is 2.18. The molecule has 0 amide bonds. The second-order valence-electron chi connectivity index (χ2n) is 4.59. The highest BCUT2D eigenvalue weighted by molar-refractivity contribution is 8.00. The number of hydrogen-bond acceptors (Lipinski definition) is 3. The molecule has 5 heteroatoms. The number of carboxylic acid groups (broad SMARTS) is 1. The third kappa shape index (κ3) is 4.13. The van der Waals surface area contributed by atoms with Crippen LogP contribution in [0.15, 0.2) is 42.7 Å². The van der Waals surface area contributed by atoms with Gasteiger partial charge in [0.05, 0.1) is 0 Å². The molecule has 1 aromatic heterocycles. The maximum atomic E-state index is 11.3. The topological polar surface area (TPSA) is 55.1 Å². The van der Waals surface area contributed by atoms with Crippen LogP contribution in [0.4, 0.5) is 0 Å². The lowest BCUT2D eigenvalue weighted by Crippen LogP contribution is -2.20. The number of rotatable bonds is 7. The first-order chi connectivity index (χ1) is 9.66. The van der Waals surface area contributed by atoms with Gasteiger partial charge in [0.1, 0.15) is 11.1 Å². The lowest BCUT2D eigenvalue weighted by Gasteiger charge is -2.12. The average molecular weight is 290 g/mol. The number of benzene rings is 1. The van der Waals surface area contributed by atoms with Crippen molar-refractivity contribution >= 4 is 17.7 Å². The van der Waals surface area contributed by atoms with Gasteiger partial charge in [0.2, 0.25) is 0 Å². The number of hydrogen-bond donors (Lipinski definition) is 1. The van der Waals surface area contributed by atoms with Crippen molar-refractivity contribution in [2.24, 2.45) is 7.05 Å². The molecule has 0 aliphatic rings. The van der Waals surface area contributed by atoms with Crippen LogP contribution in [0.3, 0.4) is 0 Å². The Balaban J connectivity index is 1.87. The smallest absolute Gasteiger partial charge is 0.316 e. The Hall–Kier alpha value is -1.75. The molecule has 106 valence electrons. The van der Waals surface area contributed by atoms with E-state index < -0.39 is 11.2 Å². The molecule has 0 bridgehead atoms. The van der Waals surface area contributed by atoms with Crippen molar-refractivity contribution in [3.05, 3.63) is 54.1 Å².